The van der Waals surface area contributed by atoms with Crippen LogP contribution in [-0.2, 0) is 11.3 Å². The van der Waals surface area contributed by atoms with Crippen LogP contribution in [0.15, 0.2) is 18.2 Å². The Balaban J connectivity index is 2.57. The molecule has 1 rings (SSSR count). The number of hydrogen-bond donors (Lipinski definition) is 1. The van der Waals surface area contributed by atoms with Gasteiger partial charge in [0.1, 0.15) is 13.4 Å². The molecule has 0 aromatic heterocycles. The molecule has 0 saturated carbocycles. The monoisotopic (exact) mass is 244 g/mol. The molecule has 5 heteroatoms. The first-order chi connectivity index (χ1) is 8.31. The summed E-state index contributed by atoms with van der Waals surface area (Å²) in [6.07, 6.45) is -0.440. The largest absolute Gasteiger partial charge is 0.444 e. The number of nitriles is 1. The molecule has 0 aliphatic heterocycles. The summed E-state index contributed by atoms with van der Waals surface area (Å²) >= 11 is 0. The second-order valence-corrected chi connectivity index (χ2v) is 5.12. The molecular weight excluding hydrogens is 227 g/mol. The van der Waals surface area contributed by atoms with Crippen molar-refractivity contribution < 1.29 is 9.53 Å². The molecular formula is C13H17BN2O2. The van der Waals surface area contributed by atoms with Crippen molar-refractivity contribution in [2.45, 2.75) is 32.9 Å². The summed E-state index contributed by atoms with van der Waals surface area (Å²) in [6, 6.07) is 7.56. The number of benzene rings is 1. The minimum absolute atomic E-state index is 0.390. The van der Waals surface area contributed by atoms with Gasteiger partial charge in [0.05, 0.1) is 6.07 Å². The van der Waals surface area contributed by atoms with E-state index in [0.29, 0.717) is 12.1 Å². The number of carbonyl (C=O) groups is 1. The lowest BCUT2D eigenvalue weighted by atomic mass is 9.89. The summed E-state index contributed by atoms with van der Waals surface area (Å²) < 4.78 is 5.13. The van der Waals surface area contributed by atoms with Crippen LogP contribution in [0.3, 0.4) is 0 Å². The van der Waals surface area contributed by atoms with Gasteiger partial charge < -0.3 is 10.1 Å². The van der Waals surface area contributed by atoms with Crippen LogP contribution < -0.4 is 10.8 Å². The van der Waals surface area contributed by atoms with Crippen LogP contribution in [0, 0.1) is 11.3 Å². The second-order valence-electron chi connectivity index (χ2n) is 5.12. The summed E-state index contributed by atoms with van der Waals surface area (Å²) in [7, 11) is 1.87. The van der Waals surface area contributed by atoms with Gasteiger partial charge in [0.15, 0.2) is 0 Å². The van der Waals surface area contributed by atoms with E-state index < -0.39 is 11.7 Å². The fourth-order valence-corrected chi connectivity index (χ4v) is 1.45. The number of carbonyl (C=O) groups excluding carboxylic acids is 1. The molecule has 1 aromatic carbocycles. The Morgan fingerprint density at radius 2 is 2.17 bits per heavy atom. The average molecular weight is 244 g/mol. The second kappa shape index (κ2) is 5.59. The highest BCUT2D eigenvalue weighted by molar-refractivity contribution is 6.33. The molecule has 0 spiro atoms. The first-order valence-corrected chi connectivity index (χ1v) is 5.78. The van der Waals surface area contributed by atoms with Crippen LogP contribution in [0.5, 0.6) is 0 Å². The van der Waals surface area contributed by atoms with Crippen molar-refractivity contribution in [3.63, 3.8) is 0 Å². The lowest BCUT2D eigenvalue weighted by molar-refractivity contribution is 0.0523. The van der Waals surface area contributed by atoms with Crippen molar-refractivity contribution in [2.24, 2.45) is 0 Å². The number of alkyl carbamates (subject to hydrolysis) is 1. The number of amides is 1. The van der Waals surface area contributed by atoms with Crippen molar-refractivity contribution >= 4 is 19.4 Å². The highest BCUT2D eigenvalue weighted by atomic mass is 16.6. The maximum Gasteiger partial charge on any atom is 0.407 e. The first kappa shape index (κ1) is 14.1. The van der Waals surface area contributed by atoms with Gasteiger partial charge in [-0.3, -0.25) is 0 Å². The first-order valence-electron chi connectivity index (χ1n) is 5.78. The fourth-order valence-electron chi connectivity index (χ4n) is 1.45. The van der Waals surface area contributed by atoms with Crippen molar-refractivity contribution in [3.8, 4) is 6.07 Å². The van der Waals surface area contributed by atoms with Crippen LogP contribution in [-0.4, -0.2) is 19.5 Å². The molecule has 1 N–H and O–H groups in total. The Bertz CT molecular complexity index is 487. The normalized spacial score (nSPS) is 10.6. The summed E-state index contributed by atoms with van der Waals surface area (Å²) in [5.41, 5.74) is 2.00. The molecule has 94 valence electrons. The summed E-state index contributed by atoms with van der Waals surface area (Å²) in [6.45, 7) is 5.84. The standard InChI is InChI=1S/C13H17BN2O2/c1-13(2,3)18-12(17)16-8-9-4-5-10(7-15)11(14)6-9/h4-6H,8,14H2,1-3H3,(H,16,17). The topological polar surface area (TPSA) is 62.1 Å². The Labute approximate surface area is 108 Å². The molecule has 0 aliphatic carbocycles. The van der Waals surface area contributed by atoms with E-state index in [1.54, 1.807) is 6.07 Å². The van der Waals surface area contributed by atoms with E-state index in [2.05, 4.69) is 11.4 Å². The molecule has 0 atom stereocenters. The molecule has 18 heavy (non-hydrogen) atoms. The molecule has 0 unspecified atom stereocenters. The summed E-state index contributed by atoms with van der Waals surface area (Å²) in [4.78, 5) is 11.5. The smallest absolute Gasteiger partial charge is 0.407 e. The molecule has 0 fully saturated rings. The van der Waals surface area contributed by atoms with Crippen LogP contribution >= 0.6 is 0 Å². The van der Waals surface area contributed by atoms with Gasteiger partial charge >= 0.3 is 6.09 Å². The van der Waals surface area contributed by atoms with E-state index in [1.165, 1.54) is 0 Å². The van der Waals surface area contributed by atoms with E-state index >= 15 is 0 Å². The van der Waals surface area contributed by atoms with Crippen LogP contribution in [0.2, 0.25) is 0 Å². The molecule has 4 nitrogen and oxygen atoms in total. The number of nitrogens with zero attached hydrogens (tertiary/aromatic N) is 1. The molecule has 1 aromatic rings. The van der Waals surface area contributed by atoms with Gasteiger partial charge in [-0.2, -0.15) is 5.26 Å². The zero-order valence-electron chi connectivity index (χ0n) is 11.2. The third-order valence-electron chi connectivity index (χ3n) is 2.25. The van der Waals surface area contributed by atoms with E-state index in [1.807, 2.05) is 40.8 Å². The minimum atomic E-state index is -0.495. The number of rotatable bonds is 2. The third-order valence-corrected chi connectivity index (χ3v) is 2.25. The van der Waals surface area contributed by atoms with Crippen LogP contribution in [0.4, 0.5) is 4.79 Å². The molecule has 0 radical (unpaired) electrons. The highest BCUT2D eigenvalue weighted by Crippen LogP contribution is 2.07. The van der Waals surface area contributed by atoms with Gasteiger partial charge in [-0.05, 0) is 32.4 Å². The van der Waals surface area contributed by atoms with Crippen molar-refractivity contribution in [1.29, 1.82) is 5.26 Å². The number of nitrogens with one attached hydrogen (secondary N) is 1. The van der Waals surface area contributed by atoms with Gasteiger partial charge in [0.25, 0.3) is 0 Å². The predicted molar refractivity (Wildman–Crippen MR) is 72.4 cm³/mol. The third kappa shape index (κ3) is 4.50. The van der Waals surface area contributed by atoms with Gasteiger partial charge in [-0.15, -0.1) is 0 Å². The quantitative estimate of drug-likeness (QED) is 0.784. The van der Waals surface area contributed by atoms with E-state index in [0.717, 1.165) is 11.0 Å². The average Bonchev–Trinajstić information content (AvgIpc) is 2.24. The summed E-state index contributed by atoms with van der Waals surface area (Å²) in [5.74, 6) is 0. The SMILES string of the molecule is Bc1cc(CNC(=O)OC(C)(C)C)ccc1C#N. The maximum absolute atomic E-state index is 11.5. The zero-order valence-corrected chi connectivity index (χ0v) is 11.2. The predicted octanol–water partition coefficient (Wildman–Crippen LogP) is 0.841. The van der Waals surface area contributed by atoms with Crippen LogP contribution in [0.25, 0.3) is 0 Å². The van der Waals surface area contributed by atoms with Crippen molar-refractivity contribution in [3.05, 3.63) is 29.3 Å². The Hall–Kier alpha value is -1.96. The Morgan fingerprint density at radius 1 is 1.50 bits per heavy atom. The highest BCUT2D eigenvalue weighted by Gasteiger charge is 2.15. The van der Waals surface area contributed by atoms with Crippen molar-refractivity contribution in [2.75, 3.05) is 0 Å². The van der Waals surface area contributed by atoms with Crippen molar-refractivity contribution in [1.82, 2.24) is 5.32 Å². The van der Waals surface area contributed by atoms with Crippen LogP contribution in [0.1, 0.15) is 31.9 Å². The molecule has 0 saturated heterocycles. The fraction of sp³-hybridized carbons (Fsp3) is 0.385. The van der Waals surface area contributed by atoms with E-state index in [4.69, 9.17) is 10.00 Å². The molecule has 0 aliphatic rings. The lowest BCUT2D eigenvalue weighted by Crippen LogP contribution is -2.32. The molecule has 0 bridgehead atoms. The lowest BCUT2D eigenvalue weighted by Gasteiger charge is -2.19. The van der Waals surface area contributed by atoms with Gasteiger partial charge in [-0.25, -0.2) is 4.79 Å². The van der Waals surface area contributed by atoms with Gasteiger partial charge in [-0.1, -0.05) is 17.6 Å². The zero-order chi connectivity index (χ0) is 13.8. The minimum Gasteiger partial charge on any atom is -0.444 e. The van der Waals surface area contributed by atoms with Gasteiger partial charge in [0.2, 0.25) is 0 Å². The maximum atomic E-state index is 11.5. The summed E-state index contributed by atoms with van der Waals surface area (Å²) in [5, 5.41) is 11.5. The Kier molecular flexibility index (Phi) is 4.38. The number of ether oxygens (including phenoxy) is 1. The van der Waals surface area contributed by atoms with E-state index in [9.17, 15) is 4.79 Å². The Morgan fingerprint density at radius 3 is 2.67 bits per heavy atom. The van der Waals surface area contributed by atoms with E-state index in [-0.39, 0.29) is 0 Å². The number of hydrogen-bond acceptors (Lipinski definition) is 3. The molecule has 1 amide bonds. The molecule has 0 heterocycles. The van der Waals surface area contributed by atoms with Gasteiger partial charge in [0, 0.05) is 12.1 Å².